The Balaban J connectivity index is 2.47. The third kappa shape index (κ3) is 4.77. The number of sulfonamides is 1. The van der Waals surface area contributed by atoms with Crippen LogP contribution in [0.5, 0.6) is 0 Å². The Morgan fingerprint density at radius 1 is 1.00 bits per heavy atom. The molecule has 1 atom stereocenters. The number of aryl methyl sites for hydroxylation is 1. The summed E-state index contributed by atoms with van der Waals surface area (Å²) in [6.07, 6.45) is 0. The first-order valence-electron chi connectivity index (χ1n) is 8.54. The predicted octanol–water partition coefficient (Wildman–Crippen LogP) is 1.71. The fourth-order valence-electron chi connectivity index (χ4n) is 2.70. The van der Waals surface area contributed by atoms with E-state index in [2.05, 4.69) is 15.4 Å². The molecule has 2 amide bonds. The average Bonchev–Trinajstić information content (AvgIpc) is 2.69. The molecular weight excluding hydrogens is 404 g/mol. The lowest BCUT2D eigenvalue weighted by Crippen LogP contribution is -2.39. The summed E-state index contributed by atoms with van der Waals surface area (Å²) in [7, 11) is -1.24. The normalized spacial score (nSPS) is 12.3. The number of hydrogen-bond acceptors (Lipinski definition) is 4. The minimum absolute atomic E-state index is 0.00147. The third-order valence-electron chi connectivity index (χ3n) is 4.50. The van der Waals surface area contributed by atoms with Crippen LogP contribution in [-0.2, 0) is 14.8 Å². The third-order valence-corrected chi connectivity index (χ3v) is 6.04. The van der Waals surface area contributed by atoms with E-state index in [0.717, 1.165) is 12.1 Å². The number of benzene rings is 2. The molecule has 2 aromatic rings. The van der Waals surface area contributed by atoms with Crippen molar-refractivity contribution in [3.8, 4) is 0 Å². The maximum Gasteiger partial charge on any atom is 0.252 e. The number of likely N-dealkylation sites (N-methyl/N-ethyl adjacent to an activating group) is 1. The highest BCUT2D eigenvalue weighted by molar-refractivity contribution is 7.89. The van der Waals surface area contributed by atoms with Gasteiger partial charge in [0.1, 0.15) is 6.04 Å². The van der Waals surface area contributed by atoms with Crippen molar-refractivity contribution >= 4 is 21.8 Å². The molecule has 2 aromatic carbocycles. The quantitative estimate of drug-likeness (QED) is 0.655. The molecule has 0 heterocycles. The van der Waals surface area contributed by atoms with Crippen LogP contribution in [0.25, 0.3) is 0 Å². The zero-order chi connectivity index (χ0) is 21.9. The Kier molecular flexibility index (Phi) is 6.70. The molecule has 0 saturated carbocycles. The monoisotopic (exact) mass is 425 g/mol. The molecular formula is C19H21F2N3O4S. The van der Waals surface area contributed by atoms with Crippen LogP contribution in [0.1, 0.15) is 33.1 Å². The second-order valence-electron chi connectivity index (χ2n) is 6.32. The van der Waals surface area contributed by atoms with Gasteiger partial charge in [-0.25, -0.2) is 21.9 Å². The van der Waals surface area contributed by atoms with Crippen LogP contribution in [0, 0.1) is 25.5 Å². The van der Waals surface area contributed by atoms with Gasteiger partial charge in [-0.15, -0.1) is 0 Å². The van der Waals surface area contributed by atoms with Crippen LogP contribution >= 0.6 is 0 Å². The smallest absolute Gasteiger partial charge is 0.252 e. The van der Waals surface area contributed by atoms with E-state index >= 15 is 0 Å². The van der Waals surface area contributed by atoms with E-state index in [1.54, 1.807) is 13.8 Å². The highest BCUT2D eigenvalue weighted by Gasteiger charge is 2.25. The van der Waals surface area contributed by atoms with E-state index in [0.29, 0.717) is 11.1 Å². The summed E-state index contributed by atoms with van der Waals surface area (Å²) in [6, 6.07) is 4.19. The number of hydrogen-bond donors (Lipinski definition) is 3. The van der Waals surface area contributed by atoms with Crippen molar-refractivity contribution in [2.45, 2.75) is 24.8 Å². The number of amides is 2. The number of halogens is 2. The number of rotatable bonds is 6. The minimum Gasteiger partial charge on any atom is -0.357 e. The van der Waals surface area contributed by atoms with E-state index in [1.807, 2.05) is 0 Å². The van der Waals surface area contributed by atoms with Gasteiger partial charge in [0, 0.05) is 12.6 Å². The minimum atomic E-state index is -3.82. The van der Waals surface area contributed by atoms with Gasteiger partial charge in [-0.2, -0.15) is 0 Å². The van der Waals surface area contributed by atoms with Crippen LogP contribution in [-0.4, -0.2) is 34.3 Å². The number of carbonyl (C=O) groups is 2. The zero-order valence-electron chi connectivity index (χ0n) is 16.3. The lowest BCUT2D eigenvalue weighted by atomic mass is 10.0. The van der Waals surface area contributed by atoms with Crippen molar-refractivity contribution in [1.82, 2.24) is 15.4 Å². The summed E-state index contributed by atoms with van der Waals surface area (Å²) >= 11 is 0. The molecule has 0 saturated heterocycles. The summed E-state index contributed by atoms with van der Waals surface area (Å²) in [5, 5.41) is 4.78. The number of nitrogens with one attached hydrogen (secondary N) is 3. The molecule has 7 nitrogen and oxygen atoms in total. The highest BCUT2D eigenvalue weighted by Crippen LogP contribution is 2.22. The molecule has 156 valence electrons. The topological polar surface area (TPSA) is 104 Å². The zero-order valence-corrected chi connectivity index (χ0v) is 17.1. The van der Waals surface area contributed by atoms with Crippen molar-refractivity contribution in [3.63, 3.8) is 0 Å². The predicted molar refractivity (Wildman–Crippen MR) is 103 cm³/mol. The SMILES string of the molecule is CNC(=O)C(NC(=O)c1cc(C)c(C)c(S(=O)(=O)NC)c1)c1ccc(F)c(F)c1. The Morgan fingerprint density at radius 3 is 2.21 bits per heavy atom. The molecule has 0 aliphatic carbocycles. The molecule has 2 rings (SSSR count). The Labute approximate surface area is 167 Å². The number of carbonyl (C=O) groups excluding carboxylic acids is 2. The first-order chi connectivity index (χ1) is 13.5. The Hall–Kier alpha value is -2.85. The van der Waals surface area contributed by atoms with E-state index in [9.17, 15) is 26.8 Å². The van der Waals surface area contributed by atoms with Crippen LogP contribution in [0.3, 0.4) is 0 Å². The molecule has 0 fully saturated rings. The Morgan fingerprint density at radius 2 is 1.66 bits per heavy atom. The molecule has 0 bridgehead atoms. The average molecular weight is 425 g/mol. The summed E-state index contributed by atoms with van der Waals surface area (Å²) in [6.45, 7) is 3.25. The standard InChI is InChI=1S/C19H21F2N3O4S/c1-10-7-13(9-16(11(10)2)29(27,28)23-4)18(25)24-17(19(26)22-3)12-5-6-14(20)15(21)8-12/h5-9,17,23H,1-4H3,(H,22,26)(H,24,25). The second-order valence-corrected chi connectivity index (χ2v) is 8.17. The molecule has 3 N–H and O–H groups in total. The van der Waals surface area contributed by atoms with E-state index < -0.39 is 39.5 Å². The maximum absolute atomic E-state index is 13.6. The van der Waals surface area contributed by atoms with E-state index in [4.69, 9.17) is 0 Å². The van der Waals surface area contributed by atoms with Gasteiger partial charge in [0.25, 0.3) is 5.91 Å². The van der Waals surface area contributed by atoms with Gasteiger partial charge in [0.05, 0.1) is 4.90 Å². The first-order valence-corrected chi connectivity index (χ1v) is 10.0. The van der Waals surface area contributed by atoms with E-state index in [1.165, 1.54) is 32.3 Å². The van der Waals surface area contributed by atoms with Crippen molar-refractivity contribution in [3.05, 3.63) is 64.2 Å². The van der Waals surface area contributed by atoms with Crippen molar-refractivity contribution in [1.29, 1.82) is 0 Å². The largest absolute Gasteiger partial charge is 0.357 e. The molecule has 0 aliphatic rings. The van der Waals surface area contributed by atoms with Gasteiger partial charge in [-0.1, -0.05) is 6.07 Å². The summed E-state index contributed by atoms with van der Waals surface area (Å²) in [5.41, 5.74) is 1.05. The summed E-state index contributed by atoms with van der Waals surface area (Å²) in [4.78, 5) is 24.9. The van der Waals surface area contributed by atoms with Gasteiger partial charge in [-0.3, -0.25) is 9.59 Å². The van der Waals surface area contributed by atoms with Gasteiger partial charge >= 0.3 is 0 Å². The van der Waals surface area contributed by atoms with Crippen LogP contribution in [0.4, 0.5) is 8.78 Å². The van der Waals surface area contributed by atoms with Crippen LogP contribution in [0.2, 0.25) is 0 Å². The van der Waals surface area contributed by atoms with Crippen molar-refractivity contribution in [2.75, 3.05) is 14.1 Å². The van der Waals surface area contributed by atoms with Crippen LogP contribution in [0.15, 0.2) is 35.2 Å². The Bertz CT molecular complexity index is 1070. The molecule has 29 heavy (non-hydrogen) atoms. The van der Waals surface area contributed by atoms with E-state index in [-0.39, 0.29) is 16.0 Å². The van der Waals surface area contributed by atoms with Crippen molar-refractivity contribution < 1.29 is 26.8 Å². The van der Waals surface area contributed by atoms with Gasteiger partial charge < -0.3 is 10.6 Å². The lowest BCUT2D eigenvalue weighted by Gasteiger charge is -2.19. The summed E-state index contributed by atoms with van der Waals surface area (Å²) in [5.74, 6) is -3.67. The van der Waals surface area contributed by atoms with Gasteiger partial charge in [0.2, 0.25) is 15.9 Å². The molecule has 0 aromatic heterocycles. The molecule has 0 aliphatic heterocycles. The van der Waals surface area contributed by atoms with Crippen molar-refractivity contribution in [2.24, 2.45) is 0 Å². The molecule has 0 spiro atoms. The summed E-state index contributed by atoms with van der Waals surface area (Å²) < 4.78 is 53.5. The molecule has 0 radical (unpaired) electrons. The molecule has 10 heteroatoms. The van der Waals surface area contributed by atoms with Gasteiger partial charge in [-0.05, 0) is 61.9 Å². The fraction of sp³-hybridized carbons (Fsp3) is 0.263. The highest BCUT2D eigenvalue weighted by atomic mass is 32.2. The van der Waals surface area contributed by atoms with Gasteiger partial charge in [0.15, 0.2) is 11.6 Å². The molecule has 1 unspecified atom stereocenters. The van der Waals surface area contributed by atoms with Crippen LogP contribution < -0.4 is 15.4 Å². The second kappa shape index (κ2) is 8.66. The maximum atomic E-state index is 13.6. The first kappa shape index (κ1) is 22.4. The lowest BCUT2D eigenvalue weighted by molar-refractivity contribution is -0.122. The fourth-order valence-corrected chi connectivity index (χ4v) is 3.76.